The third kappa shape index (κ3) is 1.95. The number of hydrogen-bond acceptors (Lipinski definition) is 1. The summed E-state index contributed by atoms with van der Waals surface area (Å²) >= 11 is 3.33. The van der Waals surface area contributed by atoms with Gasteiger partial charge >= 0.3 is 0 Å². The Labute approximate surface area is 85.6 Å². The van der Waals surface area contributed by atoms with E-state index in [2.05, 4.69) is 27.0 Å². The number of rotatable bonds is 1. The van der Waals surface area contributed by atoms with Gasteiger partial charge in [0.2, 0.25) is 0 Å². The van der Waals surface area contributed by atoms with Gasteiger partial charge < -0.3 is 0 Å². The normalized spacial score (nSPS) is 9.92. The molecular weight excluding hydrogens is 226 g/mol. The molecule has 0 saturated heterocycles. The molecule has 0 fully saturated rings. The van der Waals surface area contributed by atoms with Crippen LogP contribution in [0.25, 0.3) is 11.3 Å². The molecule has 2 aromatic rings. The van der Waals surface area contributed by atoms with Gasteiger partial charge in [-0.1, -0.05) is 30.3 Å². The van der Waals surface area contributed by atoms with Crippen LogP contribution in [0.5, 0.6) is 0 Å². The van der Waals surface area contributed by atoms with Crippen molar-refractivity contribution in [3.63, 3.8) is 0 Å². The first-order chi connectivity index (χ1) is 6.36. The second kappa shape index (κ2) is 3.71. The standard InChI is InChI=1S/C11H7BrN/c12-11-8-4-7-10(13-11)9-5-2-1-3-6-9/h1-5,7-8H. The van der Waals surface area contributed by atoms with Crippen LogP contribution < -0.4 is 0 Å². The molecule has 2 rings (SSSR count). The average molecular weight is 233 g/mol. The van der Waals surface area contributed by atoms with E-state index in [-0.39, 0.29) is 0 Å². The quantitative estimate of drug-likeness (QED) is 0.688. The van der Waals surface area contributed by atoms with Crippen LogP contribution in [0.4, 0.5) is 0 Å². The first-order valence-electron chi connectivity index (χ1n) is 3.96. The van der Waals surface area contributed by atoms with E-state index < -0.39 is 0 Å². The maximum Gasteiger partial charge on any atom is 0.106 e. The van der Waals surface area contributed by atoms with Crippen LogP contribution >= 0.6 is 15.9 Å². The van der Waals surface area contributed by atoms with Gasteiger partial charge in [-0.2, -0.15) is 0 Å². The Morgan fingerprint density at radius 2 is 2.00 bits per heavy atom. The van der Waals surface area contributed by atoms with E-state index in [1.807, 2.05) is 42.5 Å². The second-order valence-electron chi connectivity index (χ2n) is 2.62. The molecule has 1 heterocycles. The van der Waals surface area contributed by atoms with E-state index in [0.29, 0.717) is 0 Å². The van der Waals surface area contributed by atoms with E-state index in [1.54, 1.807) is 0 Å². The zero-order valence-corrected chi connectivity index (χ0v) is 8.45. The van der Waals surface area contributed by atoms with Crippen molar-refractivity contribution in [1.29, 1.82) is 0 Å². The van der Waals surface area contributed by atoms with Gasteiger partial charge in [0.15, 0.2) is 0 Å². The molecule has 0 aliphatic heterocycles. The largest absolute Gasteiger partial charge is 0.241 e. The SMILES string of the molecule is Brc1cccc(-c2[c]cccc2)n1. The zero-order valence-electron chi connectivity index (χ0n) is 6.87. The highest BCUT2D eigenvalue weighted by atomic mass is 79.9. The van der Waals surface area contributed by atoms with Crippen molar-refractivity contribution >= 4 is 15.9 Å². The van der Waals surface area contributed by atoms with Crippen molar-refractivity contribution < 1.29 is 0 Å². The van der Waals surface area contributed by atoms with E-state index in [0.717, 1.165) is 15.9 Å². The van der Waals surface area contributed by atoms with Gasteiger partial charge in [-0.05, 0) is 34.1 Å². The highest BCUT2D eigenvalue weighted by molar-refractivity contribution is 9.10. The number of benzene rings is 1. The molecule has 1 aromatic carbocycles. The molecule has 0 unspecified atom stereocenters. The topological polar surface area (TPSA) is 12.9 Å². The Hall–Kier alpha value is -1.15. The maximum absolute atomic E-state index is 4.33. The van der Waals surface area contributed by atoms with Gasteiger partial charge in [0.05, 0.1) is 5.69 Å². The van der Waals surface area contributed by atoms with Crippen molar-refractivity contribution in [2.75, 3.05) is 0 Å². The Kier molecular flexibility index (Phi) is 2.41. The molecule has 0 aliphatic rings. The molecule has 0 saturated carbocycles. The summed E-state index contributed by atoms with van der Waals surface area (Å²) < 4.78 is 0.849. The highest BCUT2D eigenvalue weighted by Gasteiger charge is 1.97. The summed E-state index contributed by atoms with van der Waals surface area (Å²) in [6, 6.07) is 16.8. The molecule has 1 radical (unpaired) electrons. The van der Waals surface area contributed by atoms with Gasteiger partial charge in [0.25, 0.3) is 0 Å². The predicted molar refractivity (Wildman–Crippen MR) is 56.2 cm³/mol. The Morgan fingerprint density at radius 3 is 2.69 bits per heavy atom. The lowest BCUT2D eigenvalue weighted by Crippen LogP contribution is -1.82. The number of aromatic nitrogens is 1. The molecule has 0 N–H and O–H groups in total. The van der Waals surface area contributed by atoms with Crippen LogP contribution in [0, 0.1) is 6.07 Å². The third-order valence-corrected chi connectivity index (χ3v) is 2.14. The molecule has 0 spiro atoms. The number of halogens is 1. The van der Waals surface area contributed by atoms with E-state index in [1.165, 1.54) is 0 Å². The van der Waals surface area contributed by atoms with Gasteiger partial charge in [-0.15, -0.1) is 0 Å². The minimum Gasteiger partial charge on any atom is -0.241 e. The molecule has 1 aromatic heterocycles. The lowest BCUT2D eigenvalue weighted by atomic mass is 10.1. The molecule has 13 heavy (non-hydrogen) atoms. The lowest BCUT2D eigenvalue weighted by molar-refractivity contribution is 1.28. The summed E-state index contributed by atoms with van der Waals surface area (Å²) in [5, 5.41) is 0. The van der Waals surface area contributed by atoms with E-state index in [9.17, 15) is 0 Å². The summed E-state index contributed by atoms with van der Waals surface area (Å²) in [6.07, 6.45) is 0. The molecule has 0 bridgehead atoms. The minimum atomic E-state index is 0.849. The molecule has 2 heteroatoms. The summed E-state index contributed by atoms with van der Waals surface area (Å²) in [5.41, 5.74) is 1.96. The molecule has 63 valence electrons. The van der Waals surface area contributed by atoms with Crippen molar-refractivity contribution in [2.45, 2.75) is 0 Å². The summed E-state index contributed by atoms with van der Waals surface area (Å²) in [6.45, 7) is 0. The van der Waals surface area contributed by atoms with Gasteiger partial charge in [-0.25, -0.2) is 4.98 Å². The van der Waals surface area contributed by atoms with Gasteiger partial charge in [0, 0.05) is 5.56 Å². The first-order valence-corrected chi connectivity index (χ1v) is 4.75. The molecule has 0 amide bonds. The Morgan fingerprint density at radius 1 is 1.08 bits per heavy atom. The molecule has 0 atom stereocenters. The van der Waals surface area contributed by atoms with E-state index >= 15 is 0 Å². The number of hydrogen-bond donors (Lipinski definition) is 0. The summed E-state index contributed by atoms with van der Waals surface area (Å²) in [7, 11) is 0. The fourth-order valence-corrected chi connectivity index (χ4v) is 1.45. The smallest absolute Gasteiger partial charge is 0.106 e. The van der Waals surface area contributed by atoms with Crippen LogP contribution in [0.2, 0.25) is 0 Å². The van der Waals surface area contributed by atoms with Crippen LogP contribution in [-0.4, -0.2) is 4.98 Å². The van der Waals surface area contributed by atoms with Crippen molar-refractivity contribution in [3.8, 4) is 11.3 Å². The Balaban J connectivity index is 2.48. The van der Waals surface area contributed by atoms with Crippen molar-refractivity contribution in [1.82, 2.24) is 4.98 Å². The van der Waals surface area contributed by atoms with Crippen LogP contribution in [0.15, 0.2) is 47.1 Å². The van der Waals surface area contributed by atoms with E-state index in [4.69, 9.17) is 0 Å². The number of nitrogens with zero attached hydrogens (tertiary/aromatic N) is 1. The van der Waals surface area contributed by atoms with Gasteiger partial charge in [0.1, 0.15) is 4.60 Å². The lowest BCUT2D eigenvalue weighted by Gasteiger charge is -1.99. The maximum atomic E-state index is 4.33. The minimum absolute atomic E-state index is 0.849. The van der Waals surface area contributed by atoms with Crippen LogP contribution in [0.1, 0.15) is 0 Å². The van der Waals surface area contributed by atoms with Crippen LogP contribution in [-0.2, 0) is 0 Å². The zero-order chi connectivity index (χ0) is 9.10. The summed E-state index contributed by atoms with van der Waals surface area (Å²) in [5.74, 6) is 0. The Bertz CT molecular complexity index is 398. The predicted octanol–water partition coefficient (Wildman–Crippen LogP) is 3.31. The second-order valence-corrected chi connectivity index (χ2v) is 3.43. The highest BCUT2D eigenvalue weighted by Crippen LogP contribution is 2.17. The molecule has 1 nitrogen and oxygen atoms in total. The average Bonchev–Trinajstić information content (AvgIpc) is 2.19. The molecule has 0 aliphatic carbocycles. The number of pyridine rings is 1. The fraction of sp³-hybridized carbons (Fsp3) is 0. The van der Waals surface area contributed by atoms with Crippen molar-refractivity contribution in [2.24, 2.45) is 0 Å². The fourth-order valence-electron chi connectivity index (χ4n) is 1.11. The van der Waals surface area contributed by atoms with Gasteiger partial charge in [-0.3, -0.25) is 0 Å². The first kappa shape index (κ1) is 8.45. The van der Waals surface area contributed by atoms with Crippen LogP contribution in [0.3, 0.4) is 0 Å². The molecular formula is C11H7BrN. The monoisotopic (exact) mass is 232 g/mol. The third-order valence-electron chi connectivity index (χ3n) is 1.70. The summed E-state index contributed by atoms with van der Waals surface area (Å²) in [4.78, 5) is 4.33. The van der Waals surface area contributed by atoms with Crippen molar-refractivity contribution in [3.05, 3.63) is 53.1 Å².